The van der Waals surface area contributed by atoms with Crippen LogP contribution in [0.3, 0.4) is 0 Å². The van der Waals surface area contributed by atoms with Crippen LogP contribution >= 0.6 is 0 Å². The molecule has 9 heteroatoms. The summed E-state index contributed by atoms with van der Waals surface area (Å²) in [7, 11) is 0. The van der Waals surface area contributed by atoms with Gasteiger partial charge in [-0.1, -0.05) is 12.1 Å². The van der Waals surface area contributed by atoms with E-state index >= 15 is 0 Å². The zero-order valence-corrected chi connectivity index (χ0v) is 9.38. The molecule has 0 saturated carbocycles. The Labute approximate surface area is 105 Å². The average Bonchev–Trinajstić information content (AvgIpc) is 2.59. The second-order valence-electron chi connectivity index (χ2n) is 3.82. The summed E-state index contributed by atoms with van der Waals surface area (Å²) in [6.45, 7) is -0.883. The molecule has 0 aliphatic carbocycles. The van der Waals surface area contributed by atoms with Gasteiger partial charge in [-0.3, -0.25) is 34.7 Å². The number of carbonyl (C=O) groups excluding carboxylic acids is 2. The summed E-state index contributed by atoms with van der Waals surface area (Å²) >= 11 is 0. The van der Waals surface area contributed by atoms with Gasteiger partial charge in [0.2, 0.25) is 0 Å². The van der Waals surface area contributed by atoms with Gasteiger partial charge >= 0.3 is 6.17 Å². The van der Waals surface area contributed by atoms with E-state index in [0.717, 1.165) is 0 Å². The molecule has 98 valence electrons. The van der Waals surface area contributed by atoms with Crippen molar-refractivity contribution >= 4 is 11.8 Å². The topological polar surface area (TPSA) is 124 Å². The van der Waals surface area contributed by atoms with Crippen LogP contribution in [0.5, 0.6) is 0 Å². The Morgan fingerprint density at radius 1 is 1.00 bits per heavy atom. The van der Waals surface area contributed by atoms with Gasteiger partial charge in [0.25, 0.3) is 11.8 Å². The van der Waals surface area contributed by atoms with Crippen molar-refractivity contribution in [3.63, 3.8) is 0 Å². The van der Waals surface area contributed by atoms with Gasteiger partial charge in [0.05, 0.1) is 21.0 Å². The lowest BCUT2D eigenvalue weighted by molar-refractivity contribution is -0.740. The Morgan fingerprint density at radius 2 is 1.42 bits per heavy atom. The number of nitrogens with zero attached hydrogens (tertiary/aromatic N) is 3. The van der Waals surface area contributed by atoms with Crippen LogP contribution in [-0.2, 0) is 0 Å². The van der Waals surface area contributed by atoms with Crippen LogP contribution in [-0.4, -0.2) is 39.3 Å². The lowest BCUT2D eigenvalue weighted by Gasteiger charge is -2.12. The van der Waals surface area contributed by atoms with Crippen LogP contribution in [0.15, 0.2) is 24.3 Å². The highest BCUT2D eigenvalue weighted by Gasteiger charge is 2.43. The average molecular weight is 265 g/mol. The molecule has 0 radical (unpaired) electrons. The van der Waals surface area contributed by atoms with Crippen molar-refractivity contribution in [2.75, 3.05) is 6.54 Å². The molecule has 0 aromatic heterocycles. The third-order valence-electron chi connectivity index (χ3n) is 2.71. The Balaban J connectivity index is 2.30. The Hall–Kier alpha value is -2.84. The maximum Gasteiger partial charge on any atom is 0.468 e. The third kappa shape index (κ3) is 2.01. The first-order chi connectivity index (χ1) is 8.93. The van der Waals surface area contributed by atoms with E-state index < -0.39 is 34.4 Å². The second kappa shape index (κ2) is 4.44. The highest BCUT2D eigenvalue weighted by Crippen LogP contribution is 2.22. The third-order valence-corrected chi connectivity index (χ3v) is 2.71. The van der Waals surface area contributed by atoms with E-state index in [0.29, 0.717) is 4.90 Å². The summed E-state index contributed by atoms with van der Waals surface area (Å²) < 4.78 is 0. The smallest absolute Gasteiger partial charge is 0.269 e. The second-order valence-corrected chi connectivity index (χ2v) is 3.82. The lowest BCUT2D eigenvalue weighted by atomic mass is 10.1. The van der Waals surface area contributed by atoms with Crippen molar-refractivity contribution < 1.29 is 19.4 Å². The van der Waals surface area contributed by atoms with Crippen LogP contribution in [0, 0.1) is 20.2 Å². The molecule has 0 saturated heterocycles. The van der Waals surface area contributed by atoms with Crippen molar-refractivity contribution in [2.24, 2.45) is 0 Å². The molecule has 2 amide bonds. The Bertz CT molecular complexity index is 550. The van der Waals surface area contributed by atoms with Crippen molar-refractivity contribution in [3.8, 4) is 0 Å². The molecular weight excluding hydrogens is 258 g/mol. The first-order valence-corrected chi connectivity index (χ1v) is 5.15. The summed E-state index contributed by atoms with van der Waals surface area (Å²) in [5.74, 6) is -1.51. The molecule has 0 N–H and O–H groups in total. The molecule has 1 aliphatic heterocycles. The fourth-order valence-electron chi connectivity index (χ4n) is 1.78. The van der Waals surface area contributed by atoms with E-state index in [2.05, 4.69) is 0 Å². The van der Waals surface area contributed by atoms with Crippen molar-refractivity contribution in [1.29, 1.82) is 0 Å². The van der Waals surface area contributed by atoms with E-state index in [1.807, 2.05) is 0 Å². The minimum atomic E-state index is -2.22. The highest BCUT2D eigenvalue weighted by atomic mass is 16.7. The van der Waals surface area contributed by atoms with Gasteiger partial charge in [0.1, 0.15) is 0 Å². The zero-order valence-electron chi connectivity index (χ0n) is 9.38. The first-order valence-electron chi connectivity index (χ1n) is 5.15. The first kappa shape index (κ1) is 12.6. The van der Waals surface area contributed by atoms with Crippen LogP contribution in [0.25, 0.3) is 0 Å². The normalized spacial score (nSPS) is 13.8. The number of benzene rings is 1. The van der Waals surface area contributed by atoms with Gasteiger partial charge in [-0.2, -0.15) is 0 Å². The number of hydrogen-bond donors (Lipinski definition) is 0. The SMILES string of the molecule is O=C1c2ccccc2C(=O)N1CC([N+](=O)[O-])[N+](=O)[O-]. The van der Waals surface area contributed by atoms with E-state index in [9.17, 15) is 29.8 Å². The van der Waals surface area contributed by atoms with E-state index in [1.165, 1.54) is 24.3 Å². The van der Waals surface area contributed by atoms with E-state index in [-0.39, 0.29) is 11.1 Å². The molecule has 1 aliphatic rings. The predicted octanol–water partition coefficient (Wildman–Crippen LogP) is 0.162. The van der Waals surface area contributed by atoms with Crippen LogP contribution in [0.1, 0.15) is 20.7 Å². The Morgan fingerprint density at radius 3 is 1.79 bits per heavy atom. The quantitative estimate of drug-likeness (QED) is 0.330. The summed E-state index contributed by atoms with van der Waals surface area (Å²) in [4.78, 5) is 43.0. The van der Waals surface area contributed by atoms with E-state index in [4.69, 9.17) is 0 Å². The molecule has 1 aromatic rings. The van der Waals surface area contributed by atoms with Gasteiger partial charge in [-0.25, -0.2) is 0 Å². The molecule has 0 bridgehead atoms. The van der Waals surface area contributed by atoms with Crippen molar-refractivity contribution in [1.82, 2.24) is 4.90 Å². The largest absolute Gasteiger partial charge is 0.468 e. The molecule has 2 rings (SSSR count). The minimum Gasteiger partial charge on any atom is -0.269 e. The summed E-state index contributed by atoms with van der Waals surface area (Å²) in [6, 6.07) is 5.85. The van der Waals surface area contributed by atoms with Crippen molar-refractivity contribution in [3.05, 3.63) is 55.6 Å². The molecule has 1 heterocycles. The molecular formula is C10H7N3O6. The number of amides is 2. The molecule has 0 atom stereocenters. The summed E-state index contributed by atoms with van der Waals surface area (Å²) in [6.07, 6.45) is -2.22. The molecule has 0 spiro atoms. The molecule has 0 fully saturated rings. The van der Waals surface area contributed by atoms with Crippen LogP contribution < -0.4 is 0 Å². The molecule has 9 nitrogen and oxygen atoms in total. The zero-order chi connectivity index (χ0) is 14.2. The number of rotatable bonds is 4. The summed E-state index contributed by atoms with van der Waals surface area (Å²) in [5, 5.41) is 21.1. The fraction of sp³-hybridized carbons (Fsp3) is 0.200. The standard InChI is InChI=1S/C10H7N3O6/c14-9-6-3-1-2-4-7(6)10(15)11(9)5-8(12(16)17)13(18)19/h1-4,8H,5H2. The maximum absolute atomic E-state index is 11.8. The number of fused-ring (bicyclic) bond motifs is 1. The number of hydrogen-bond acceptors (Lipinski definition) is 6. The summed E-state index contributed by atoms with van der Waals surface area (Å²) in [5.41, 5.74) is 0.191. The van der Waals surface area contributed by atoms with Crippen LogP contribution in [0.2, 0.25) is 0 Å². The predicted molar refractivity (Wildman–Crippen MR) is 59.6 cm³/mol. The van der Waals surface area contributed by atoms with E-state index in [1.54, 1.807) is 0 Å². The van der Waals surface area contributed by atoms with Gasteiger partial charge in [-0.15, -0.1) is 0 Å². The van der Waals surface area contributed by atoms with Gasteiger partial charge in [-0.05, 0) is 12.1 Å². The number of carbonyl (C=O) groups is 2. The monoisotopic (exact) mass is 265 g/mol. The highest BCUT2D eigenvalue weighted by molar-refractivity contribution is 6.21. The fourth-order valence-corrected chi connectivity index (χ4v) is 1.78. The van der Waals surface area contributed by atoms with Gasteiger partial charge in [0, 0.05) is 0 Å². The molecule has 19 heavy (non-hydrogen) atoms. The number of nitro groups is 2. The Kier molecular flexibility index (Phi) is 2.95. The molecule has 1 aromatic carbocycles. The lowest BCUT2D eigenvalue weighted by Crippen LogP contribution is -2.44. The molecule has 0 unspecified atom stereocenters. The van der Waals surface area contributed by atoms with Gasteiger partial charge < -0.3 is 0 Å². The maximum atomic E-state index is 11.8. The van der Waals surface area contributed by atoms with Crippen molar-refractivity contribution in [2.45, 2.75) is 6.17 Å². The number of imide groups is 1. The van der Waals surface area contributed by atoms with Crippen LogP contribution in [0.4, 0.5) is 0 Å². The minimum absolute atomic E-state index is 0.0953. The van der Waals surface area contributed by atoms with Gasteiger partial charge in [0.15, 0.2) is 6.54 Å².